The number of rotatable bonds is 5. The minimum Gasteiger partial charge on any atom is -0.454 e. The highest BCUT2D eigenvalue weighted by Crippen LogP contribution is 2.23. The van der Waals surface area contributed by atoms with E-state index in [-0.39, 0.29) is 22.8 Å². The molecule has 0 saturated carbocycles. The van der Waals surface area contributed by atoms with Gasteiger partial charge in [-0.05, 0) is 44.4 Å². The van der Waals surface area contributed by atoms with Crippen LogP contribution in [0, 0.1) is 6.92 Å². The molecule has 1 aliphatic heterocycles. The standard InChI is InChI=1S/C16H21NO5S/c1-12-6-7-14(10-15(12)16(19)22-11-13(2)18)23(20,21)17-8-4-3-5-9-17/h6-7,10H,3-5,8-9,11H2,1-2H3. The fourth-order valence-corrected chi connectivity index (χ4v) is 4.02. The lowest BCUT2D eigenvalue weighted by atomic mass is 10.1. The Labute approximate surface area is 136 Å². The van der Waals surface area contributed by atoms with E-state index in [1.165, 1.54) is 23.4 Å². The van der Waals surface area contributed by atoms with Crippen LogP contribution in [0.2, 0.25) is 0 Å². The molecule has 0 spiro atoms. The summed E-state index contributed by atoms with van der Waals surface area (Å²) in [5, 5.41) is 0. The lowest BCUT2D eigenvalue weighted by Gasteiger charge is -2.26. The summed E-state index contributed by atoms with van der Waals surface area (Å²) in [4.78, 5) is 23.0. The van der Waals surface area contributed by atoms with Gasteiger partial charge >= 0.3 is 5.97 Å². The van der Waals surface area contributed by atoms with Crippen LogP contribution in [0.25, 0.3) is 0 Å². The molecule has 0 radical (unpaired) electrons. The molecule has 0 atom stereocenters. The van der Waals surface area contributed by atoms with E-state index in [2.05, 4.69) is 0 Å². The fraction of sp³-hybridized carbons (Fsp3) is 0.500. The molecule has 7 heteroatoms. The topological polar surface area (TPSA) is 80.8 Å². The van der Waals surface area contributed by atoms with Crippen LogP contribution in [-0.2, 0) is 19.6 Å². The molecular formula is C16H21NO5S. The molecular weight excluding hydrogens is 318 g/mol. The molecule has 1 aliphatic rings. The molecule has 23 heavy (non-hydrogen) atoms. The van der Waals surface area contributed by atoms with E-state index in [4.69, 9.17) is 4.74 Å². The minimum absolute atomic E-state index is 0.0831. The summed E-state index contributed by atoms with van der Waals surface area (Å²) in [5.74, 6) is -0.957. The van der Waals surface area contributed by atoms with E-state index in [0.29, 0.717) is 18.7 Å². The molecule has 0 amide bonds. The number of carbonyl (C=O) groups is 2. The van der Waals surface area contributed by atoms with Crippen LogP contribution in [0.15, 0.2) is 23.1 Å². The Bertz CT molecular complexity index is 705. The Morgan fingerprint density at radius 1 is 1.17 bits per heavy atom. The number of benzene rings is 1. The molecule has 1 saturated heterocycles. The third kappa shape index (κ3) is 4.17. The lowest BCUT2D eigenvalue weighted by Crippen LogP contribution is -2.35. The zero-order valence-corrected chi connectivity index (χ0v) is 14.2. The molecule has 0 aliphatic carbocycles. The van der Waals surface area contributed by atoms with Gasteiger partial charge in [0.1, 0.15) is 6.61 Å². The number of nitrogens with zero attached hydrogens (tertiary/aromatic N) is 1. The van der Waals surface area contributed by atoms with Gasteiger partial charge in [-0.15, -0.1) is 0 Å². The third-order valence-corrected chi connectivity index (χ3v) is 5.68. The van der Waals surface area contributed by atoms with Gasteiger partial charge in [-0.3, -0.25) is 4.79 Å². The van der Waals surface area contributed by atoms with Crippen molar-refractivity contribution in [1.82, 2.24) is 4.31 Å². The molecule has 0 N–H and O–H groups in total. The highest BCUT2D eigenvalue weighted by Gasteiger charge is 2.27. The number of sulfonamides is 1. The van der Waals surface area contributed by atoms with E-state index in [9.17, 15) is 18.0 Å². The molecule has 1 aromatic rings. The number of aryl methyl sites for hydroxylation is 1. The smallest absolute Gasteiger partial charge is 0.338 e. The van der Waals surface area contributed by atoms with Crippen molar-refractivity contribution >= 4 is 21.8 Å². The van der Waals surface area contributed by atoms with Crippen LogP contribution in [-0.4, -0.2) is 44.2 Å². The van der Waals surface area contributed by atoms with E-state index in [1.54, 1.807) is 13.0 Å². The van der Waals surface area contributed by atoms with Crippen LogP contribution in [0.4, 0.5) is 0 Å². The predicted molar refractivity (Wildman–Crippen MR) is 84.8 cm³/mol. The fourth-order valence-electron chi connectivity index (χ4n) is 2.48. The second-order valence-corrected chi connectivity index (χ2v) is 7.66. The van der Waals surface area contributed by atoms with E-state index < -0.39 is 16.0 Å². The molecule has 126 valence electrons. The first-order valence-corrected chi connectivity index (χ1v) is 9.04. The first-order valence-electron chi connectivity index (χ1n) is 7.60. The summed E-state index contributed by atoms with van der Waals surface area (Å²) in [6.07, 6.45) is 2.72. The molecule has 1 fully saturated rings. The Morgan fingerprint density at radius 2 is 1.83 bits per heavy atom. The normalized spacial score (nSPS) is 16.1. The zero-order chi connectivity index (χ0) is 17.0. The summed E-state index contributed by atoms with van der Waals surface area (Å²) < 4.78 is 31.7. The summed E-state index contributed by atoms with van der Waals surface area (Å²) in [6.45, 7) is 3.70. The number of hydrogen-bond acceptors (Lipinski definition) is 5. The number of piperidine rings is 1. The summed E-state index contributed by atoms with van der Waals surface area (Å²) >= 11 is 0. The van der Waals surface area contributed by atoms with Gasteiger partial charge in [0.05, 0.1) is 10.5 Å². The van der Waals surface area contributed by atoms with E-state index in [0.717, 1.165) is 19.3 Å². The maximum Gasteiger partial charge on any atom is 0.338 e. The predicted octanol–water partition coefficient (Wildman–Crippen LogP) is 1.92. The molecule has 2 rings (SSSR count). The molecule has 1 heterocycles. The quantitative estimate of drug-likeness (QED) is 0.766. The van der Waals surface area contributed by atoms with Crippen molar-refractivity contribution in [2.45, 2.75) is 38.0 Å². The molecule has 0 bridgehead atoms. The highest BCUT2D eigenvalue weighted by molar-refractivity contribution is 7.89. The number of ketones is 1. The monoisotopic (exact) mass is 339 g/mol. The second kappa shape index (κ2) is 7.23. The maximum absolute atomic E-state index is 12.7. The van der Waals surface area contributed by atoms with Gasteiger partial charge in [-0.25, -0.2) is 13.2 Å². The minimum atomic E-state index is -3.61. The number of hydrogen-bond donors (Lipinski definition) is 0. The van der Waals surface area contributed by atoms with Gasteiger partial charge in [-0.2, -0.15) is 4.31 Å². The van der Waals surface area contributed by atoms with Crippen LogP contribution in [0.5, 0.6) is 0 Å². The summed E-state index contributed by atoms with van der Waals surface area (Å²) in [5.41, 5.74) is 0.778. The first-order chi connectivity index (χ1) is 10.8. The first kappa shape index (κ1) is 17.6. The Kier molecular flexibility index (Phi) is 5.54. The van der Waals surface area contributed by atoms with Crippen LogP contribution in [0.1, 0.15) is 42.1 Å². The Hall–Kier alpha value is -1.73. The van der Waals surface area contributed by atoms with Crippen LogP contribution >= 0.6 is 0 Å². The lowest BCUT2D eigenvalue weighted by molar-refractivity contribution is -0.120. The van der Waals surface area contributed by atoms with Gasteiger partial charge in [0.15, 0.2) is 5.78 Å². The highest BCUT2D eigenvalue weighted by atomic mass is 32.2. The van der Waals surface area contributed by atoms with Gasteiger partial charge in [0.2, 0.25) is 10.0 Å². The van der Waals surface area contributed by atoms with E-state index >= 15 is 0 Å². The number of carbonyl (C=O) groups excluding carboxylic acids is 2. The van der Waals surface area contributed by atoms with Crippen molar-refractivity contribution in [1.29, 1.82) is 0 Å². The van der Waals surface area contributed by atoms with Crippen molar-refractivity contribution in [2.24, 2.45) is 0 Å². The molecule has 1 aromatic carbocycles. The molecule has 0 aromatic heterocycles. The number of Topliss-reactive ketones (excluding diaryl/α,β-unsaturated/α-hetero) is 1. The molecule has 6 nitrogen and oxygen atoms in total. The molecule has 0 unspecified atom stereocenters. The zero-order valence-electron chi connectivity index (χ0n) is 13.4. The van der Waals surface area contributed by atoms with Crippen LogP contribution < -0.4 is 0 Å². The third-order valence-electron chi connectivity index (χ3n) is 3.79. The SMILES string of the molecule is CC(=O)COC(=O)c1cc(S(=O)(=O)N2CCCCC2)ccc1C. The largest absolute Gasteiger partial charge is 0.454 e. The van der Waals surface area contributed by atoms with Crippen LogP contribution in [0.3, 0.4) is 0 Å². The van der Waals surface area contributed by atoms with Crippen molar-refractivity contribution in [3.63, 3.8) is 0 Å². The van der Waals surface area contributed by atoms with Gasteiger partial charge in [0, 0.05) is 13.1 Å². The Morgan fingerprint density at radius 3 is 2.43 bits per heavy atom. The Balaban J connectivity index is 2.28. The van der Waals surface area contributed by atoms with Crippen molar-refractivity contribution in [3.05, 3.63) is 29.3 Å². The second-order valence-electron chi connectivity index (χ2n) is 5.72. The number of esters is 1. The van der Waals surface area contributed by atoms with Gasteiger partial charge < -0.3 is 4.74 Å². The summed E-state index contributed by atoms with van der Waals surface area (Å²) in [7, 11) is -3.61. The average Bonchev–Trinajstić information content (AvgIpc) is 2.53. The van der Waals surface area contributed by atoms with Gasteiger partial charge in [0.25, 0.3) is 0 Å². The number of ether oxygens (including phenoxy) is 1. The van der Waals surface area contributed by atoms with Crippen molar-refractivity contribution < 1.29 is 22.7 Å². The van der Waals surface area contributed by atoms with Crippen molar-refractivity contribution in [3.8, 4) is 0 Å². The van der Waals surface area contributed by atoms with Gasteiger partial charge in [-0.1, -0.05) is 12.5 Å². The van der Waals surface area contributed by atoms with E-state index in [1.807, 2.05) is 0 Å². The summed E-state index contributed by atoms with van der Waals surface area (Å²) in [6, 6.07) is 4.42. The maximum atomic E-state index is 12.7. The van der Waals surface area contributed by atoms with Crippen molar-refractivity contribution in [2.75, 3.05) is 19.7 Å². The average molecular weight is 339 g/mol.